The van der Waals surface area contributed by atoms with Gasteiger partial charge in [-0.1, -0.05) is 12.1 Å². The van der Waals surface area contributed by atoms with E-state index in [4.69, 9.17) is 10.5 Å². The van der Waals surface area contributed by atoms with Crippen molar-refractivity contribution in [2.75, 3.05) is 32.0 Å². The van der Waals surface area contributed by atoms with Gasteiger partial charge in [0.05, 0.1) is 17.9 Å². The number of hydrogen-bond donors (Lipinski definition) is 4. The average Bonchev–Trinajstić information content (AvgIpc) is 2.67. The van der Waals surface area contributed by atoms with Crippen LogP contribution in [-0.2, 0) is 0 Å². The Bertz CT molecular complexity index is 405. The second-order valence-corrected chi connectivity index (χ2v) is 4.86. The summed E-state index contributed by atoms with van der Waals surface area (Å²) in [7, 11) is 0. The monoisotopic (exact) mass is 268 g/mol. The molecule has 2 rings (SSSR count). The van der Waals surface area contributed by atoms with Crippen molar-refractivity contribution in [3.05, 3.63) is 24.3 Å². The number of rotatable bonds is 5. The van der Waals surface area contributed by atoms with Crippen molar-refractivity contribution in [3.8, 4) is 5.75 Å². The SMILES string of the molecule is Nc1ccccc1OCC(O)CN1CC(O)C(O)C1. The first-order chi connectivity index (χ1) is 9.06. The summed E-state index contributed by atoms with van der Waals surface area (Å²) in [5, 5.41) is 28.7. The summed E-state index contributed by atoms with van der Waals surface area (Å²) in [5.74, 6) is 0.544. The van der Waals surface area contributed by atoms with E-state index in [-0.39, 0.29) is 6.61 Å². The molecule has 3 atom stereocenters. The van der Waals surface area contributed by atoms with Crippen molar-refractivity contribution in [1.29, 1.82) is 0 Å². The molecule has 1 aliphatic heterocycles. The van der Waals surface area contributed by atoms with Gasteiger partial charge in [0.2, 0.25) is 0 Å². The molecule has 5 N–H and O–H groups in total. The number of hydrogen-bond acceptors (Lipinski definition) is 6. The molecule has 1 heterocycles. The van der Waals surface area contributed by atoms with E-state index in [0.29, 0.717) is 31.1 Å². The highest BCUT2D eigenvalue weighted by atomic mass is 16.5. The van der Waals surface area contributed by atoms with Gasteiger partial charge in [-0.25, -0.2) is 0 Å². The fourth-order valence-corrected chi connectivity index (χ4v) is 2.14. The molecule has 0 spiro atoms. The maximum atomic E-state index is 9.86. The predicted molar refractivity (Wildman–Crippen MR) is 70.8 cm³/mol. The van der Waals surface area contributed by atoms with Crippen molar-refractivity contribution >= 4 is 5.69 Å². The van der Waals surface area contributed by atoms with E-state index in [1.54, 1.807) is 17.0 Å². The zero-order valence-corrected chi connectivity index (χ0v) is 10.6. The molecule has 0 radical (unpaired) electrons. The number of nitrogen functional groups attached to an aromatic ring is 1. The molecule has 1 aromatic rings. The Morgan fingerprint density at radius 2 is 1.89 bits per heavy atom. The quantitative estimate of drug-likeness (QED) is 0.514. The number of ether oxygens (including phenoxy) is 1. The Morgan fingerprint density at radius 3 is 2.53 bits per heavy atom. The number of aliphatic hydroxyl groups is 3. The maximum Gasteiger partial charge on any atom is 0.142 e. The minimum Gasteiger partial charge on any atom is -0.489 e. The predicted octanol–water partition coefficient (Wildman–Crippen LogP) is -0.954. The molecule has 0 aliphatic carbocycles. The third kappa shape index (κ3) is 3.81. The van der Waals surface area contributed by atoms with Gasteiger partial charge < -0.3 is 25.8 Å². The first-order valence-electron chi connectivity index (χ1n) is 6.30. The van der Waals surface area contributed by atoms with Gasteiger partial charge in [-0.2, -0.15) is 0 Å². The lowest BCUT2D eigenvalue weighted by Gasteiger charge is -2.20. The number of aliphatic hydroxyl groups excluding tert-OH is 3. The summed E-state index contributed by atoms with van der Waals surface area (Å²) in [5.41, 5.74) is 6.25. The van der Waals surface area contributed by atoms with Crippen LogP contribution in [0.1, 0.15) is 0 Å². The average molecular weight is 268 g/mol. The first-order valence-corrected chi connectivity index (χ1v) is 6.30. The lowest BCUT2D eigenvalue weighted by atomic mass is 10.3. The Balaban J connectivity index is 1.76. The molecular formula is C13H20N2O4. The molecule has 6 nitrogen and oxygen atoms in total. The highest BCUT2D eigenvalue weighted by molar-refractivity contribution is 5.51. The van der Waals surface area contributed by atoms with Gasteiger partial charge >= 0.3 is 0 Å². The van der Waals surface area contributed by atoms with Gasteiger partial charge in [-0.15, -0.1) is 0 Å². The van der Waals surface area contributed by atoms with Crippen LogP contribution in [0.5, 0.6) is 5.75 Å². The van der Waals surface area contributed by atoms with E-state index < -0.39 is 18.3 Å². The molecule has 1 saturated heterocycles. The molecule has 0 amide bonds. The zero-order valence-electron chi connectivity index (χ0n) is 10.6. The fourth-order valence-electron chi connectivity index (χ4n) is 2.14. The van der Waals surface area contributed by atoms with Crippen molar-refractivity contribution in [2.45, 2.75) is 18.3 Å². The lowest BCUT2D eigenvalue weighted by molar-refractivity contribution is 0.0572. The largest absolute Gasteiger partial charge is 0.489 e. The number of nitrogens with two attached hydrogens (primary N) is 1. The van der Waals surface area contributed by atoms with Crippen LogP contribution in [0.25, 0.3) is 0 Å². The maximum absolute atomic E-state index is 9.86. The molecule has 0 saturated carbocycles. The fraction of sp³-hybridized carbons (Fsp3) is 0.538. The van der Waals surface area contributed by atoms with Crippen molar-refractivity contribution in [2.24, 2.45) is 0 Å². The van der Waals surface area contributed by atoms with Crippen molar-refractivity contribution in [3.63, 3.8) is 0 Å². The normalized spacial score (nSPS) is 25.4. The Kier molecular flexibility index (Phi) is 4.60. The van der Waals surface area contributed by atoms with Gasteiger partial charge in [0.1, 0.15) is 18.5 Å². The topological polar surface area (TPSA) is 99.2 Å². The molecular weight excluding hydrogens is 248 g/mol. The number of nitrogens with zero attached hydrogens (tertiary/aromatic N) is 1. The minimum atomic E-state index is -0.738. The van der Waals surface area contributed by atoms with Gasteiger partial charge in [0.25, 0.3) is 0 Å². The van der Waals surface area contributed by atoms with Crippen LogP contribution in [-0.4, -0.2) is 64.8 Å². The summed E-state index contributed by atoms with van der Waals surface area (Å²) < 4.78 is 5.44. The van der Waals surface area contributed by atoms with E-state index in [1.807, 2.05) is 12.1 Å². The second kappa shape index (κ2) is 6.21. The van der Waals surface area contributed by atoms with Gasteiger partial charge in [-0.3, -0.25) is 4.90 Å². The molecule has 0 bridgehead atoms. The van der Waals surface area contributed by atoms with Crippen LogP contribution in [0.2, 0.25) is 0 Å². The van der Waals surface area contributed by atoms with Crippen molar-refractivity contribution < 1.29 is 20.1 Å². The second-order valence-electron chi connectivity index (χ2n) is 4.86. The number of anilines is 1. The van der Waals surface area contributed by atoms with E-state index >= 15 is 0 Å². The summed E-state index contributed by atoms with van der Waals surface area (Å²) >= 11 is 0. The standard InChI is InChI=1S/C13H20N2O4/c14-10-3-1-2-4-13(10)19-8-9(16)5-15-6-11(17)12(18)7-15/h1-4,9,11-12,16-18H,5-8,14H2. The molecule has 6 heteroatoms. The highest BCUT2D eigenvalue weighted by Gasteiger charge is 2.30. The van der Waals surface area contributed by atoms with Crippen LogP contribution in [0.15, 0.2) is 24.3 Å². The smallest absolute Gasteiger partial charge is 0.142 e. The van der Waals surface area contributed by atoms with Crippen molar-refractivity contribution in [1.82, 2.24) is 4.90 Å². The van der Waals surface area contributed by atoms with Gasteiger partial charge in [0.15, 0.2) is 0 Å². The van der Waals surface area contributed by atoms with Crippen LogP contribution in [0, 0.1) is 0 Å². The van der Waals surface area contributed by atoms with Gasteiger partial charge in [-0.05, 0) is 12.1 Å². The Hall–Kier alpha value is -1.34. The third-order valence-corrected chi connectivity index (χ3v) is 3.15. The summed E-state index contributed by atoms with van der Waals surface area (Å²) in [6.45, 7) is 1.20. The van der Waals surface area contributed by atoms with Crippen LogP contribution < -0.4 is 10.5 Å². The highest BCUT2D eigenvalue weighted by Crippen LogP contribution is 2.20. The molecule has 1 fully saturated rings. The number of β-amino-alcohol motifs (C(OH)–C–C–N with tert-alkyl or cyclic N) is 3. The van der Waals surface area contributed by atoms with Crippen LogP contribution in [0.4, 0.5) is 5.69 Å². The van der Waals surface area contributed by atoms with Crippen LogP contribution >= 0.6 is 0 Å². The van der Waals surface area contributed by atoms with Gasteiger partial charge in [0, 0.05) is 19.6 Å². The number of para-hydroxylation sites is 2. The van der Waals surface area contributed by atoms with E-state index in [1.165, 1.54) is 0 Å². The van der Waals surface area contributed by atoms with Crippen LogP contribution in [0.3, 0.4) is 0 Å². The van der Waals surface area contributed by atoms with E-state index in [0.717, 1.165) is 0 Å². The molecule has 19 heavy (non-hydrogen) atoms. The Morgan fingerprint density at radius 1 is 1.26 bits per heavy atom. The summed E-state index contributed by atoms with van der Waals surface area (Å²) in [6, 6.07) is 7.09. The summed E-state index contributed by atoms with van der Waals surface area (Å²) in [4.78, 5) is 1.80. The molecule has 1 aliphatic rings. The van der Waals surface area contributed by atoms with E-state index in [9.17, 15) is 15.3 Å². The third-order valence-electron chi connectivity index (χ3n) is 3.15. The molecule has 106 valence electrons. The Labute approximate surface area is 112 Å². The number of benzene rings is 1. The number of likely N-dealkylation sites (tertiary alicyclic amines) is 1. The first kappa shape index (κ1) is 14.1. The minimum absolute atomic E-state index is 0.122. The summed E-state index contributed by atoms with van der Waals surface area (Å²) in [6.07, 6.45) is -2.17. The lowest BCUT2D eigenvalue weighted by Crippen LogP contribution is -2.35. The molecule has 1 aromatic carbocycles. The molecule has 0 aromatic heterocycles. The van der Waals surface area contributed by atoms with E-state index in [2.05, 4.69) is 0 Å². The molecule has 3 unspecified atom stereocenters. The zero-order chi connectivity index (χ0) is 13.8.